The molecule has 0 rings (SSSR count). The van der Waals surface area contributed by atoms with Gasteiger partial charge >= 0.3 is 0 Å². The molecule has 0 heteroatoms. The summed E-state index contributed by atoms with van der Waals surface area (Å²) in [6, 6.07) is 0. The average molecular weight is 218 g/mol. The molecule has 0 aromatic carbocycles. The van der Waals surface area contributed by atoms with Crippen LogP contribution in [0.1, 0.15) is 51.9 Å². The molecule has 0 unspecified atom stereocenters. The van der Waals surface area contributed by atoms with Gasteiger partial charge in [-0.2, -0.15) is 0 Å². The van der Waals surface area contributed by atoms with E-state index in [-0.39, 0.29) is 0 Å². The fraction of sp³-hybridized carbons (Fsp3) is 0.500. The SMILES string of the molecule is C=C/C=C/C=CC=CCCCCCCCC. The summed E-state index contributed by atoms with van der Waals surface area (Å²) in [4.78, 5) is 0. The van der Waals surface area contributed by atoms with Crippen molar-refractivity contribution in [2.45, 2.75) is 51.9 Å². The maximum Gasteiger partial charge on any atom is -0.0348 e. The van der Waals surface area contributed by atoms with Crippen molar-refractivity contribution < 1.29 is 0 Å². The monoisotopic (exact) mass is 218 g/mol. The van der Waals surface area contributed by atoms with Crippen LogP contribution in [0, 0.1) is 0 Å². The van der Waals surface area contributed by atoms with Crippen LogP contribution in [0.15, 0.2) is 49.1 Å². The largest absolute Gasteiger partial charge is 0.0991 e. The van der Waals surface area contributed by atoms with E-state index in [4.69, 9.17) is 0 Å². The van der Waals surface area contributed by atoms with Crippen molar-refractivity contribution >= 4 is 0 Å². The quantitative estimate of drug-likeness (QED) is 0.331. The summed E-state index contributed by atoms with van der Waals surface area (Å²) in [5.74, 6) is 0. The Balaban J connectivity index is 3.24. The van der Waals surface area contributed by atoms with Crippen LogP contribution in [0.25, 0.3) is 0 Å². The summed E-state index contributed by atoms with van der Waals surface area (Å²) in [6.07, 6.45) is 23.6. The molecule has 16 heavy (non-hydrogen) atoms. The minimum atomic E-state index is 1.21. The van der Waals surface area contributed by atoms with Crippen LogP contribution in [-0.4, -0.2) is 0 Å². The Hall–Kier alpha value is -1.04. The molecule has 0 aliphatic rings. The molecule has 0 aromatic heterocycles. The zero-order chi connectivity index (χ0) is 11.9. The standard InChI is InChI=1S/C16H26/c1-3-5-7-9-11-13-15-16-14-12-10-8-6-4-2/h3,5,7,9,11,13,15H,1,4,6,8,10,12,14,16H2,2H3/b7-5+,11-9?,15-13?. The van der Waals surface area contributed by atoms with E-state index in [0.717, 1.165) is 0 Å². The predicted octanol–water partition coefficient (Wildman–Crippen LogP) is 5.59. The highest BCUT2D eigenvalue weighted by atomic mass is 13.9. The Labute approximate surface area is 101 Å². The van der Waals surface area contributed by atoms with E-state index in [1.807, 2.05) is 18.2 Å². The minimum Gasteiger partial charge on any atom is -0.0991 e. The van der Waals surface area contributed by atoms with Crippen molar-refractivity contribution in [3.05, 3.63) is 49.1 Å². The lowest BCUT2D eigenvalue weighted by atomic mass is 10.1. The highest BCUT2D eigenvalue weighted by Gasteiger charge is 1.87. The zero-order valence-corrected chi connectivity index (χ0v) is 10.7. The Morgan fingerprint density at radius 3 is 2.12 bits per heavy atom. The molecule has 0 atom stereocenters. The second-order valence-corrected chi connectivity index (χ2v) is 3.99. The molecular formula is C16H26. The molecule has 0 saturated heterocycles. The fourth-order valence-electron chi connectivity index (χ4n) is 1.49. The van der Waals surface area contributed by atoms with E-state index >= 15 is 0 Å². The van der Waals surface area contributed by atoms with Gasteiger partial charge in [-0.15, -0.1) is 0 Å². The lowest BCUT2D eigenvalue weighted by molar-refractivity contribution is 0.611. The molecule has 90 valence electrons. The Morgan fingerprint density at radius 2 is 1.38 bits per heavy atom. The van der Waals surface area contributed by atoms with Gasteiger partial charge in [0.05, 0.1) is 0 Å². The van der Waals surface area contributed by atoms with Gasteiger partial charge in [-0.1, -0.05) is 88.1 Å². The fourth-order valence-corrected chi connectivity index (χ4v) is 1.49. The van der Waals surface area contributed by atoms with E-state index in [1.54, 1.807) is 6.08 Å². The molecule has 0 bridgehead atoms. The highest BCUT2D eigenvalue weighted by molar-refractivity contribution is 5.14. The smallest absolute Gasteiger partial charge is 0.0348 e. The van der Waals surface area contributed by atoms with Crippen molar-refractivity contribution in [1.29, 1.82) is 0 Å². The summed E-state index contributed by atoms with van der Waals surface area (Å²) in [6.45, 7) is 5.87. The third kappa shape index (κ3) is 13.0. The van der Waals surface area contributed by atoms with Crippen molar-refractivity contribution in [2.75, 3.05) is 0 Å². The maximum atomic E-state index is 3.61. The number of rotatable bonds is 10. The summed E-state index contributed by atoms with van der Waals surface area (Å²) >= 11 is 0. The molecule has 0 N–H and O–H groups in total. The van der Waals surface area contributed by atoms with E-state index < -0.39 is 0 Å². The topological polar surface area (TPSA) is 0 Å². The van der Waals surface area contributed by atoms with Gasteiger partial charge in [0.15, 0.2) is 0 Å². The first kappa shape index (κ1) is 15.0. The van der Waals surface area contributed by atoms with Crippen LogP contribution >= 0.6 is 0 Å². The summed E-state index contributed by atoms with van der Waals surface area (Å²) < 4.78 is 0. The van der Waals surface area contributed by atoms with Crippen LogP contribution in [0.5, 0.6) is 0 Å². The molecule has 0 saturated carbocycles. The third-order valence-electron chi connectivity index (χ3n) is 2.44. The Kier molecular flexibility index (Phi) is 13.1. The summed E-state index contributed by atoms with van der Waals surface area (Å²) in [5, 5.41) is 0. The van der Waals surface area contributed by atoms with Crippen molar-refractivity contribution in [3.63, 3.8) is 0 Å². The summed E-state index contributed by atoms with van der Waals surface area (Å²) in [7, 11) is 0. The first-order valence-electron chi connectivity index (χ1n) is 6.52. The van der Waals surface area contributed by atoms with Crippen LogP contribution < -0.4 is 0 Å². The maximum absolute atomic E-state index is 3.61. The van der Waals surface area contributed by atoms with E-state index in [0.29, 0.717) is 0 Å². The molecule has 0 radical (unpaired) electrons. The van der Waals surface area contributed by atoms with E-state index in [1.165, 1.54) is 44.9 Å². The van der Waals surface area contributed by atoms with Gasteiger partial charge in [0.25, 0.3) is 0 Å². The Bertz CT molecular complexity index is 218. The van der Waals surface area contributed by atoms with Crippen molar-refractivity contribution in [1.82, 2.24) is 0 Å². The lowest BCUT2D eigenvalue weighted by Gasteiger charge is -1.97. The minimum absolute atomic E-state index is 1.21. The van der Waals surface area contributed by atoms with Gasteiger partial charge in [-0.3, -0.25) is 0 Å². The first-order chi connectivity index (χ1) is 7.91. The van der Waals surface area contributed by atoms with Crippen molar-refractivity contribution in [3.8, 4) is 0 Å². The molecule has 0 aliphatic carbocycles. The van der Waals surface area contributed by atoms with E-state index in [2.05, 4.69) is 31.7 Å². The predicted molar refractivity (Wildman–Crippen MR) is 75.6 cm³/mol. The summed E-state index contributed by atoms with van der Waals surface area (Å²) in [5.41, 5.74) is 0. The first-order valence-corrected chi connectivity index (χ1v) is 6.52. The average Bonchev–Trinajstić information content (AvgIpc) is 2.31. The van der Waals surface area contributed by atoms with Gasteiger partial charge in [0, 0.05) is 0 Å². The number of unbranched alkanes of at least 4 members (excludes halogenated alkanes) is 6. The van der Waals surface area contributed by atoms with Crippen LogP contribution in [0.4, 0.5) is 0 Å². The second kappa shape index (κ2) is 14.0. The van der Waals surface area contributed by atoms with Gasteiger partial charge in [-0.25, -0.2) is 0 Å². The third-order valence-corrected chi connectivity index (χ3v) is 2.44. The molecular weight excluding hydrogens is 192 g/mol. The van der Waals surface area contributed by atoms with Gasteiger partial charge in [0.2, 0.25) is 0 Å². The van der Waals surface area contributed by atoms with Crippen LogP contribution in [0.2, 0.25) is 0 Å². The Morgan fingerprint density at radius 1 is 0.750 bits per heavy atom. The van der Waals surface area contributed by atoms with Crippen molar-refractivity contribution in [2.24, 2.45) is 0 Å². The molecule has 0 nitrogen and oxygen atoms in total. The van der Waals surface area contributed by atoms with Gasteiger partial charge in [0.1, 0.15) is 0 Å². The molecule has 0 amide bonds. The lowest BCUT2D eigenvalue weighted by Crippen LogP contribution is -1.77. The number of hydrogen-bond acceptors (Lipinski definition) is 0. The molecule has 0 aromatic rings. The number of allylic oxidation sites excluding steroid dienone is 7. The zero-order valence-electron chi connectivity index (χ0n) is 10.7. The molecule has 0 fully saturated rings. The van der Waals surface area contributed by atoms with Gasteiger partial charge in [-0.05, 0) is 12.8 Å². The molecule has 0 heterocycles. The van der Waals surface area contributed by atoms with Crippen LogP contribution in [-0.2, 0) is 0 Å². The molecule has 0 aliphatic heterocycles. The second-order valence-electron chi connectivity index (χ2n) is 3.99. The molecule has 0 spiro atoms. The number of hydrogen-bond donors (Lipinski definition) is 0. The van der Waals surface area contributed by atoms with E-state index in [9.17, 15) is 0 Å². The van der Waals surface area contributed by atoms with Gasteiger partial charge < -0.3 is 0 Å². The highest BCUT2D eigenvalue weighted by Crippen LogP contribution is 2.07. The normalized spacial score (nSPS) is 12.1. The van der Waals surface area contributed by atoms with Crippen LogP contribution in [0.3, 0.4) is 0 Å².